The summed E-state index contributed by atoms with van der Waals surface area (Å²) in [7, 11) is 0. The largest absolute Gasteiger partial charge is 0.383 e. The van der Waals surface area contributed by atoms with Crippen molar-refractivity contribution in [2.45, 2.75) is 45.6 Å². The minimum Gasteiger partial charge on any atom is -0.383 e. The first-order valence-electron chi connectivity index (χ1n) is 7.52. The smallest absolute Gasteiger partial charge is 0.113 e. The summed E-state index contributed by atoms with van der Waals surface area (Å²) in [6.45, 7) is 4.46. The van der Waals surface area contributed by atoms with E-state index in [1.807, 2.05) is 6.07 Å². The number of fused-ring (bicyclic) bond motifs is 1. The molecule has 2 aromatic rings. The summed E-state index contributed by atoms with van der Waals surface area (Å²) >= 11 is 1.79. The van der Waals surface area contributed by atoms with Gasteiger partial charge in [0, 0.05) is 9.75 Å². The second-order valence-corrected chi connectivity index (χ2v) is 7.36. The lowest BCUT2D eigenvalue weighted by molar-refractivity contribution is 0.224. The van der Waals surface area contributed by atoms with Gasteiger partial charge in [-0.25, -0.2) is 0 Å². The van der Waals surface area contributed by atoms with Crippen LogP contribution in [0.5, 0.6) is 0 Å². The van der Waals surface area contributed by atoms with E-state index in [0.717, 1.165) is 16.9 Å². The number of aliphatic hydroxyl groups is 1. The lowest BCUT2D eigenvalue weighted by Crippen LogP contribution is -2.00. The van der Waals surface area contributed by atoms with E-state index in [2.05, 4.69) is 38.1 Å². The van der Waals surface area contributed by atoms with E-state index >= 15 is 0 Å². The molecule has 1 aromatic carbocycles. The standard InChI is InChI=1S/C18H22OS/c1-12(2)9-13-5-3-7-15(10-13)18(19)17-11-14-6-4-8-16(14)20-17/h3,5,7,10-12,18-19H,4,6,8-9H2,1-2H3. The number of hydrogen-bond donors (Lipinski definition) is 1. The fourth-order valence-corrected chi connectivity index (χ4v) is 4.28. The van der Waals surface area contributed by atoms with Gasteiger partial charge in [0.15, 0.2) is 0 Å². The number of benzene rings is 1. The van der Waals surface area contributed by atoms with Crippen molar-refractivity contribution in [2.75, 3.05) is 0 Å². The van der Waals surface area contributed by atoms with Crippen LogP contribution in [0.15, 0.2) is 30.3 Å². The Morgan fingerprint density at radius 1 is 1.20 bits per heavy atom. The molecule has 0 aliphatic heterocycles. The topological polar surface area (TPSA) is 20.2 Å². The summed E-state index contributed by atoms with van der Waals surface area (Å²) in [5.41, 5.74) is 3.81. The molecule has 0 saturated heterocycles. The Kier molecular flexibility index (Phi) is 3.95. The van der Waals surface area contributed by atoms with E-state index in [1.165, 1.54) is 35.3 Å². The van der Waals surface area contributed by atoms with Crippen LogP contribution in [-0.2, 0) is 19.3 Å². The quantitative estimate of drug-likeness (QED) is 0.876. The molecule has 1 aromatic heterocycles. The molecule has 0 spiro atoms. The first kappa shape index (κ1) is 13.8. The Hall–Kier alpha value is -1.12. The van der Waals surface area contributed by atoms with Crippen molar-refractivity contribution in [1.82, 2.24) is 0 Å². The van der Waals surface area contributed by atoms with Crippen molar-refractivity contribution in [3.63, 3.8) is 0 Å². The van der Waals surface area contributed by atoms with Crippen LogP contribution in [0.1, 0.15) is 52.8 Å². The first-order valence-corrected chi connectivity index (χ1v) is 8.33. The zero-order valence-corrected chi connectivity index (χ0v) is 13.0. The van der Waals surface area contributed by atoms with Gasteiger partial charge in [0.1, 0.15) is 6.10 Å². The molecular formula is C18H22OS. The Morgan fingerprint density at radius 2 is 2.05 bits per heavy atom. The Labute approximate surface area is 125 Å². The Morgan fingerprint density at radius 3 is 2.80 bits per heavy atom. The molecule has 1 nitrogen and oxygen atoms in total. The highest BCUT2D eigenvalue weighted by molar-refractivity contribution is 7.12. The molecule has 1 N–H and O–H groups in total. The van der Waals surface area contributed by atoms with Crippen molar-refractivity contribution < 1.29 is 5.11 Å². The van der Waals surface area contributed by atoms with Crippen molar-refractivity contribution in [2.24, 2.45) is 5.92 Å². The van der Waals surface area contributed by atoms with Crippen LogP contribution in [0.3, 0.4) is 0 Å². The third-order valence-corrected chi connectivity index (χ3v) is 5.24. The van der Waals surface area contributed by atoms with E-state index in [4.69, 9.17) is 0 Å². The number of aryl methyl sites for hydroxylation is 2. The maximum atomic E-state index is 10.6. The van der Waals surface area contributed by atoms with Gasteiger partial charge in [-0.15, -0.1) is 11.3 Å². The van der Waals surface area contributed by atoms with Crippen LogP contribution >= 0.6 is 11.3 Å². The van der Waals surface area contributed by atoms with E-state index < -0.39 is 6.10 Å². The number of thiophene rings is 1. The van der Waals surface area contributed by atoms with Crippen LogP contribution in [0, 0.1) is 5.92 Å². The van der Waals surface area contributed by atoms with E-state index in [1.54, 1.807) is 11.3 Å². The van der Waals surface area contributed by atoms with Gasteiger partial charge in [-0.1, -0.05) is 38.1 Å². The molecule has 0 amide bonds. The second-order valence-electron chi connectivity index (χ2n) is 6.20. The molecule has 0 fully saturated rings. The third kappa shape index (κ3) is 2.82. The highest BCUT2D eigenvalue weighted by Crippen LogP contribution is 2.36. The summed E-state index contributed by atoms with van der Waals surface area (Å²) in [4.78, 5) is 2.59. The molecule has 106 valence electrons. The number of hydrogen-bond acceptors (Lipinski definition) is 2. The van der Waals surface area contributed by atoms with E-state index in [9.17, 15) is 5.11 Å². The molecule has 0 bridgehead atoms. The van der Waals surface area contributed by atoms with Gasteiger partial charge in [0.25, 0.3) is 0 Å². The maximum absolute atomic E-state index is 10.6. The zero-order valence-electron chi connectivity index (χ0n) is 12.2. The number of rotatable bonds is 4. The highest BCUT2D eigenvalue weighted by Gasteiger charge is 2.20. The van der Waals surface area contributed by atoms with E-state index in [0.29, 0.717) is 5.92 Å². The first-order chi connectivity index (χ1) is 9.63. The monoisotopic (exact) mass is 286 g/mol. The van der Waals surface area contributed by atoms with E-state index in [-0.39, 0.29) is 0 Å². The molecule has 1 aliphatic rings. The molecule has 0 radical (unpaired) electrons. The SMILES string of the molecule is CC(C)Cc1cccc(C(O)c2cc3c(s2)CCC3)c1. The maximum Gasteiger partial charge on any atom is 0.113 e. The fraction of sp³-hybridized carbons (Fsp3) is 0.444. The van der Waals surface area contributed by atoms with Crippen molar-refractivity contribution >= 4 is 11.3 Å². The van der Waals surface area contributed by atoms with Crippen LogP contribution < -0.4 is 0 Å². The summed E-state index contributed by atoms with van der Waals surface area (Å²) in [5, 5.41) is 10.6. The predicted molar refractivity (Wildman–Crippen MR) is 85.4 cm³/mol. The van der Waals surface area contributed by atoms with Crippen molar-refractivity contribution in [3.05, 3.63) is 56.8 Å². The Bertz CT molecular complexity index is 576. The van der Waals surface area contributed by atoms with Gasteiger partial charge < -0.3 is 5.11 Å². The minimum atomic E-state index is -0.460. The molecule has 1 unspecified atom stereocenters. The lowest BCUT2D eigenvalue weighted by Gasteiger charge is -2.12. The summed E-state index contributed by atoms with van der Waals surface area (Å²) in [6, 6.07) is 10.6. The molecule has 0 saturated carbocycles. The van der Waals surface area contributed by atoms with Crippen molar-refractivity contribution in [3.8, 4) is 0 Å². The molecule has 20 heavy (non-hydrogen) atoms. The zero-order chi connectivity index (χ0) is 14.1. The molecule has 2 heteroatoms. The van der Waals surface area contributed by atoms with Crippen LogP contribution in [0.2, 0.25) is 0 Å². The molecular weight excluding hydrogens is 264 g/mol. The predicted octanol–water partition coefficient (Wildman–Crippen LogP) is 4.52. The van der Waals surface area contributed by atoms with Crippen LogP contribution in [0.25, 0.3) is 0 Å². The third-order valence-electron chi connectivity index (χ3n) is 3.95. The van der Waals surface area contributed by atoms with Crippen LogP contribution in [-0.4, -0.2) is 5.11 Å². The van der Waals surface area contributed by atoms with Gasteiger partial charge in [-0.3, -0.25) is 0 Å². The summed E-state index contributed by atoms with van der Waals surface area (Å²) < 4.78 is 0. The molecule has 1 atom stereocenters. The summed E-state index contributed by atoms with van der Waals surface area (Å²) in [5.74, 6) is 0.646. The lowest BCUT2D eigenvalue weighted by atomic mass is 9.98. The number of aliphatic hydroxyl groups excluding tert-OH is 1. The van der Waals surface area contributed by atoms with Crippen LogP contribution in [0.4, 0.5) is 0 Å². The van der Waals surface area contributed by atoms with Gasteiger partial charge in [0.05, 0.1) is 0 Å². The average Bonchev–Trinajstić information content (AvgIpc) is 2.98. The summed E-state index contributed by atoms with van der Waals surface area (Å²) in [6.07, 6.45) is 4.27. The normalized spacial score (nSPS) is 15.6. The van der Waals surface area contributed by atoms with Gasteiger partial charge in [0.2, 0.25) is 0 Å². The molecule has 1 aliphatic carbocycles. The average molecular weight is 286 g/mol. The second kappa shape index (κ2) is 5.71. The van der Waals surface area contributed by atoms with Crippen molar-refractivity contribution in [1.29, 1.82) is 0 Å². The highest BCUT2D eigenvalue weighted by atomic mass is 32.1. The van der Waals surface area contributed by atoms with Gasteiger partial charge in [-0.05, 0) is 54.4 Å². The van der Waals surface area contributed by atoms with Gasteiger partial charge in [-0.2, -0.15) is 0 Å². The fourth-order valence-electron chi connectivity index (χ4n) is 3.01. The molecule has 3 rings (SSSR count). The Balaban J connectivity index is 1.83. The minimum absolute atomic E-state index is 0.460. The molecule has 1 heterocycles. The van der Waals surface area contributed by atoms with Gasteiger partial charge >= 0.3 is 0 Å².